The van der Waals surface area contributed by atoms with Gasteiger partial charge in [-0.1, -0.05) is 43.7 Å². The van der Waals surface area contributed by atoms with Crippen molar-refractivity contribution in [3.8, 4) is 0 Å². The van der Waals surface area contributed by atoms with E-state index in [1.165, 1.54) is 76.9 Å². The number of unbranched alkanes of at least 4 members (excludes halogenated alkanes) is 1. The number of halogens is 1. The molecule has 3 rings (SSSR count). The lowest BCUT2D eigenvalue weighted by atomic mass is 9.64. The van der Waals surface area contributed by atoms with Crippen molar-refractivity contribution in [1.82, 2.24) is 20.4 Å². The van der Waals surface area contributed by atoms with Crippen LogP contribution in [0.1, 0.15) is 51.5 Å². The molecule has 0 aromatic heterocycles. The molecule has 1 saturated heterocycles. The molecule has 2 aliphatic rings. The highest BCUT2D eigenvalue weighted by Crippen LogP contribution is 2.43. The molecule has 1 aromatic rings. The van der Waals surface area contributed by atoms with E-state index in [9.17, 15) is 0 Å². The van der Waals surface area contributed by atoms with Gasteiger partial charge in [-0.2, -0.15) is 0 Å². The molecule has 0 atom stereocenters. The number of nitrogens with zero attached hydrogens (tertiary/aromatic N) is 3. The minimum absolute atomic E-state index is 0. The SMILES string of the molecule is CCNC(=NCC1(c2ccccc2)CCC1)NCCCCN1CCN(CC)CC1.I. The summed E-state index contributed by atoms with van der Waals surface area (Å²) in [5.41, 5.74) is 1.71. The summed E-state index contributed by atoms with van der Waals surface area (Å²) in [4.78, 5) is 10.1. The maximum Gasteiger partial charge on any atom is 0.191 e. The topological polar surface area (TPSA) is 42.9 Å². The zero-order chi connectivity index (χ0) is 20.4. The second-order valence-corrected chi connectivity index (χ2v) is 8.60. The Morgan fingerprint density at radius 3 is 2.27 bits per heavy atom. The minimum atomic E-state index is 0. The van der Waals surface area contributed by atoms with Gasteiger partial charge in [0.25, 0.3) is 0 Å². The molecule has 0 radical (unpaired) electrons. The fourth-order valence-electron chi connectivity index (χ4n) is 4.50. The van der Waals surface area contributed by atoms with Crippen LogP contribution in [0.15, 0.2) is 35.3 Å². The summed E-state index contributed by atoms with van der Waals surface area (Å²) >= 11 is 0. The Hall–Kier alpha value is -0.860. The molecule has 170 valence electrons. The normalized spacial score (nSPS) is 19.6. The largest absolute Gasteiger partial charge is 0.357 e. The van der Waals surface area contributed by atoms with Crippen LogP contribution in [-0.4, -0.2) is 74.7 Å². The van der Waals surface area contributed by atoms with Crippen LogP contribution >= 0.6 is 24.0 Å². The van der Waals surface area contributed by atoms with Gasteiger partial charge in [-0.05, 0) is 51.3 Å². The Bertz CT molecular complexity index is 609. The first-order valence-electron chi connectivity index (χ1n) is 11.8. The molecule has 1 aliphatic carbocycles. The summed E-state index contributed by atoms with van der Waals surface area (Å²) in [5, 5.41) is 6.99. The molecular formula is C24H42IN5. The predicted molar refractivity (Wildman–Crippen MR) is 139 cm³/mol. The molecule has 0 bridgehead atoms. The zero-order valence-electron chi connectivity index (χ0n) is 19.0. The van der Waals surface area contributed by atoms with E-state index < -0.39 is 0 Å². The highest BCUT2D eigenvalue weighted by Gasteiger charge is 2.38. The highest BCUT2D eigenvalue weighted by molar-refractivity contribution is 14.0. The molecule has 2 fully saturated rings. The Balaban J connectivity index is 0.00000320. The van der Waals surface area contributed by atoms with Gasteiger partial charge in [0.2, 0.25) is 0 Å². The molecule has 1 saturated carbocycles. The standard InChI is InChI=1S/C24H41N5.HI/c1-3-25-23(26-15-8-9-16-29-19-17-28(4-2)18-20-29)27-21-24(13-10-14-24)22-11-6-5-7-12-22;/h5-7,11-12H,3-4,8-10,13-21H2,1-2H3,(H2,25,26,27);1H. The van der Waals surface area contributed by atoms with Crippen LogP contribution in [0.5, 0.6) is 0 Å². The van der Waals surface area contributed by atoms with Crippen molar-refractivity contribution in [2.24, 2.45) is 4.99 Å². The monoisotopic (exact) mass is 527 g/mol. The van der Waals surface area contributed by atoms with E-state index in [2.05, 4.69) is 64.6 Å². The lowest BCUT2D eigenvalue weighted by molar-refractivity contribution is 0.136. The van der Waals surface area contributed by atoms with Crippen LogP contribution in [0, 0.1) is 0 Å². The van der Waals surface area contributed by atoms with Crippen LogP contribution in [0.3, 0.4) is 0 Å². The van der Waals surface area contributed by atoms with Crippen molar-refractivity contribution in [3.63, 3.8) is 0 Å². The van der Waals surface area contributed by atoms with Crippen molar-refractivity contribution >= 4 is 29.9 Å². The Labute approximate surface area is 201 Å². The number of aliphatic imine (C=N–C) groups is 1. The van der Waals surface area contributed by atoms with Gasteiger partial charge in [-0.3, -0.25) is 4.99 Å². The van der Waals surface area contributed by atoms with Crippen molar-refractivity contribution < 1.29 is 0 Å². The molecule has 30 heavy (non-hydrogen) atoms. The average Bonchev–Trinajstić information content (AvgIpc) is 2.74. The quantitative estimate of drug-likeness (QED) is 0.211. The molecular weight excluding hydrogens is 485 g/mol. The molecule has 1 aliphatic heterocycles. The number of guanidine groups is 1. The molecule has 1 aromatic carbocycles. The number of nitrogens with one attached hydrogen (secondary N) is 2. The molecule has 0 unspecified atom stereocenters. The zero-order valence-corrected chi connectivity index (χ0v) is 21.4. The fraction of sp³-hybridized carbons (Fsp3) is 0.708. The number of rotatable bonds is 10. The van der Waals surface area contributed by atoms with E-state index >= 15 is 0 Å². The third kappa shape index (κ3) is 7.38. The van der Waals surface area contributed by atoms with Gasteiger partial charge in [0.15, 0.2) is 5.96 Å². The van der Waals surface area contributed by atoms with E-state index in [-0.39, 0.29) is 29.4 Å². The van der Waals surface area contributed by atoms with Crippen molar-refractivity contribution in [2.75, 3.05) is 58.9 Å². The summed E-state index contributed by atoms with van der Waals surface area (Å²) in [6.45, 7) is 14.5. The van der Waals surface area contributed by atoms with Crippen LogP contribution < -0.4 is 10.6 Å². The second-order valence-electron chi connectivity index (χ2n) is 8.60. The number of likely N-dealkylation sites (N-methyl/N-ethyl adjacent to an activating group) is 1. The third-order valence-electron chi connectivity index (χ3n) is 6.69. The average molecular weight is 528 g/mol. The summed E-state index contributed by atoms with van der Waals surface area (Å²) < 4.78 is 0. The minimum Gasteiger partial charge on any atom is -0.357 e. The molecule has 1 heterocycles. The first kappa shape index (κ1) is 25.4. The van der Waals surface area contributed by atoms with Crippen molar-refractivity contribution in [2.45, 2.75) is 51.4 Å². The van der Waals surface area contributed by atoms with Gasteiger partial charge in [-0.15, -0.1) is 24.0 Å². The summed E-state index contributed by atoms with van der Waals surface area (Å²) in [5.74, 6) is 0.978. The number of hydrogen-bond acceptors (Lipinski definition) is 3. The Morgan fingerprint density at radius 2 is 1.67 bits per heavy atom. The van der Waals surface area contributed by atoms with Crippen LogP contribution in [-0.2, 0) is 5.41 Å². The van der Waals surface area contributed by atoms with Gasteiger partial charge < -0.3 is 20.4 Å². The van der Waals surface area contributed by atoms with Gasteiger partial charge in [-0.25, -0.2) is 0 Å². The smallest absolute Gasteiger partial charge is 0.191 e. The summed E-state index contributed by atoms with van der Waals surface area (Å²) in [7, 11) is 0. The van der Waals surface area contributed by atoms with Gasteiger partial charge in [0.1, 0.15) is 0 Å². The summed E-state index contributed by atoms with van der Waals surface area (Å²) in [6.07, 6.45) is 6.28. The molecule has 0 amide bonds. The van der Waals surface area contributed by atoms with Gasteiger partial charge >= 0.3 is 0 Å². The molecule has 0 spiro atoms. The van der Waals surface area contributed by atoms with Gasteiger partial charge in [0, 0.05) is 44.7 Å². The van der Waals surface area contributed by atoms with Crippen LogP contribution in [0.2, 0.25) is 0 Å². The Morgan fingerprint density at radius 1 is 0.967 bits per heavy atom. The van der Waals surface area contributed by atoms with E-state index in [0.717, 1.165) is 25.6 Å². The van der Waals surface area contributed by atoms with Crippen LogP contribution in [0.25, 0.3) is 0 Å². The van der Waals surface area contributed by atoms with Crippen molar-refractivity contribution in [3.05, 3.63) is 35.9 Å². The Kier molecular flexibility index (Phi) is 11.5. The predicted octanol–water partition coefficient (Wildman–Crippen LogP) is 3.70. The van der Waals surface area contributed by atoms with E-state index in [0.29, 0.717) is 0 Å². The first-order chi connectivity index (χ1) is 14.3. The first-order valence-corrected chi connectivity index (χ1v) is 11.8. The lowest BCUT2D eigenvalue weighted by Gasteiger charge is -2.41. The third-order valence-corrected chi connectivity index (χ3v) is 6.69. The lowest BCUT2D eigenvalue weighted by Crippen LogP contribution is -2.46. The van der Waals surface area contributed by atoms with E-state index in [1.807, 2.05) is 0 Å². The van der Waals surface area contributed by atoms with E-state index in [4.69, 9.17) is 4.99 Å². The summed E-state index contributed by atoms with van der Waals surface area (Å²) in [6, 6.07) is 11.0. The van der Waals surface area contributed by atoms with Crippen LogP contribution in [0.4, 0.5) is 0 Å². The number of benzene rings is 1. The maximum atomic E-state index is 4.97. The van der Waals surface area contributed by atoms with E-state index in [1.54, 1.807) is 0 Å². The van der Waals surface area contributed by atoms with Gasteiger partial charge in [0.05, 0.1) is 6.54 Å². The molecule has 5 nitrogen and oxygen atoms in total. The second kappa shape index (κ2) is 13.5. The fourth-order valence-corrected chi connectivity index (χ4v) is 4.50. The molecule has 2 N–H and O–H groups in total. The van der Waals surface area contributed by atoms with Crippen molar-refractivity contribution in [1.29, 1.82) is 0 Å². The molecule has 6 heteroatoms. The number of hydrogen-bond donors (Lipinski definition) is 2. The highest BCUT2D eigenvalue weighted by atomic mass is 127. The number of piperazine rings is 1. The maximum absolute atomic E-state index is 4.97.